The Morgan fingerprint density at radius 3 is 2.64 bits per heavy atom. The van der Waals surface area contributed by atoms with Crippen molar-refractivity contribution >= 4 is 38.9 Å². The molecule has 0 aliphatic carbocycles. The number of halogens is 1. The lowest BCUT2D eigenvalue weighted by Crippen LogP contribution is -2.22. The van der Waals surface area contributed by atoms with Crippen molar-refractivity contribution in [3.05, 3.63) is 45.2 Å². The standard InChI is InChI=1S/C14H11ClN6S/c1-7-8(2)22-13-11(7)12(16)20(14-17-18-19-21(13)14)10-5-3-9(15)4-6-10/h3-6,16H,1-2H3. The van der Waals surface area contributed by atoms with Crippen LogP contribution in [0.2, 0.25) is 5.02 Å². The van der Waals surface area contributed by atoms with Gasteiger partial charge in [-0.1, -0.05) is 16.7 Å². The van der Waals surface area contributed by atoms with E-state index in [1.54, 1.807) is 32.6 Å². The highest BCUT2D eigenvalue weighted by atomic mass is 35.5. The normalized spacial score (nSPS) is 11.6. The minimum Gasteiger partial charge on any atom is -0.283 e. The molecule has 6 nitrogen and oxygen atoms in total. The third-order valence-corrected chi connectivity index (χ3v) is 5.19. The van der Waals surface area contributed by atoms with Crippen LogP contribution in [0, 0.1) is 19.3 Å². The molecule has 0 radical (unpaired) electrons. The number of thiophene rings is 1. The number of aromatic nitrogens is 5. The summed E-state index contributed by atoms with van der Waals surface area (Å²) in [6, 6.07) is 7.30. The van der Waals surface area contributed by atoms with Crippen LogP contribution < -0.4 is 5.49 Å². The van der Waals surface area contributed by atoms with Crippen LogP contribution in [0.15, 0.2) is 24.3 Å². The smallest absolute Gasteiger partial charge is 0.261 e. The zero-order valence-electron chi connectivity index (χ0n) is 11.8. The van der Waals surface area contributed by atoms with Gasteiger partial charge in [-0.15, -0.1) is 11.3 Å². The molecular weight excluding hydrogens is 320 g/mol. The topological polar surface area (TPSA) is 71.9 Å². The van der Waals surface area contributed by atoms with Crippen molar-refractivity contribution in [2.24, 2.45) is 0 Å². The highest BCUT2D eigenvalue weighted by Crippen LogP contribution is 2.28. The molecule has 4 rings (SSSR count). The van der Waals surface area contributed by atoms with Crippen LogP contribution in [0.5, 0.6) is 0 Å². The van der Waals surface area contributed by atoms with E-state index in [1.807, 2.05) is 26.0 Å². The molecule has 3 heterocycles. The molecular formula is C14H11ClN6S. The van der Waals surface area contributed by atoms with Gasteiger partial charge in [-0.05, 0) is 54.1 Å². The average Bonchev–Trinajstić information content (AvgIpc) is 3.07. The number of rotatable bonds is 1. The summed E-state index contributed by atoms with van der Waals surface area (Å²) in [5.41, 5.74) is 2.27. The first-order valence-electron chi connectivity index (χ1n) is 6.61. The molecule has 0 amide bonds. The molecule has 0 unspecified atom stereocenters. The highest BCUT2D eigenvalue weighted by Gasteiger charge is 2.17. The minimum atomic E-state index is 0.376. The van der Waals surface area contributed by atoms with Gasteiger partial charge in [0.05, 0.1) is 11.1 Å². The Bertz CT molecular complexity index is 1070. The minimum absolute atomic E-state index is 0.376. The Labute approximate surface area is 134 Å². The van der Waals surface area contributed by atoms with Crippen LogP contribution in [0.3, 0.4) is 0 Å². The number of nitrogens with one attached hydrogen (secondary N) is 1. The monoisotopic (exact) mass is 330 g/mol. The second-order valence-corrected chi connectivity index (χ2v) is 6.65. The first-order valence-corrected chi connectivity index (χ1v) is 7.80. The fraction of sp³-hybridized carbons (Fsp3) is 0.143. The van der Waals surface area contributed by atoms with E-state index < -0.39 is 0 Å². The van der Waals surface area contributed by atoms with Crippen molar-refractivity contribution < 1.29 is 0 Å². The van der Waals surface area contributed by atoms with Crippen LogP contribution in [0.25, 0.3) is 21.7 Å². The van der Waals surface area contributed by atoms with Gasteiger partial charge in [0.1, 0.15) is 10.3 Å². The molecule has 4 aromatic rings. The molecule has 0 spiro atoms. The van der Waals surface area contributed by atoms with Crippen molar-refractivity contribution in [1.82, 2.24) is 24.6 Å². The maximum atomic E-state index is 8.63. The van der Waals surface area contributed by atoms with E-state index in [0.29, 0.717) is 16.3 Å². The van der Waals surface area contributed by atoms with E-state index in [4.69, 9.17) is 17.0 Å². The van der Waals surface area contributed by atoms with Crippen LogP contribution in [-0.4, -0.2) is 24.6 Å². The summed E-state index contributed by atoms with van der Waals surface area (Å²) >= 11 is 7.56. The van der Waals surface area contributed by atoms with E-state index in [1.165, 1.54) is 0 Å². The molecule has 0 atom stereocenters. The molecule has 1 N–H and O–H groups in total. The Morgan fingerprint density at radius 1 is 1.18 bits per heavy atom. The second-order valence-electron chi connectivity index (χ2n) is 5.01. The third kappa shape index (κ3) is 1.72. The maximum Gasteiger partial charge on any atom is 0.261 e. The maximum absolute atomic E-state index is 8.63. The van der Waals surface area contributed by atoms with Gasteiger partial charge in [0, 0.05) is 9.90 Å². The number of hydrogen-bond donors (Lipinski definition) is 1. The number of hydrogen-bond acceptors (Lipinski definition) is 5. The molecule has 0 fully saturated rings. The van der Waals surface area contributed by atoms with Crippen molar-refractivity contribution in [2.45, 2.75) is 13.8 Å². The number of aryl methyl sites for hydroxylation is 2. The Morgan fingerprint density at radius 2 is 1.91 bits per heavy atom. The lowest BCUT2D eigenvalue weighted by Gasteiger charge is -2.09. The lowest BCUT2D eigenvalue weighted by molar-refractivity contribution is 0.837. The van der Waals surface area contributed by atoms with E-state index >= 15 is 0 Å². The molecule has 0 saturated heterocycles. The van der Waals surface area contributed by atoms with Crippen LogP contribution in [-0.2, 0) is 0 Å². The fourth-order valence-corrected chi connectivity index (χ4v) is 3.76. The molecule has 1 aromatic carbocycles. The first kappa shape index (κ1) is 13.4. The van der Waals surface area contributed by atoms with Crippen molar-refractivity contribution in [2.75, 3.05) is 0 Å². The molecule has 8 heteroatoms. The van der Waals surface area contributed by atoms with E-state index in [0.717, 1.165) is 26.3 Å². The number of fused-ring (bicyclic) bond motifs is 3. The van der Waals surface area contributed by atoms with Gasteiger partial charge in [0.25, 0.3) is 5.78 Å². The third-order valence-electron chi connectivity index (χ3n) is 3.76. The summed E-state index contributed by atoms with van der Waals surface area (Å²) in [7, 11) is 0. The Balaban J connectivity index is 2.23. The van der Waals surface area contributed by atoms with Gasteiger partial charge in [-0.2, -0.15) is 4.52 Å². The van der Waals surface area contributed by atoms with Gasteiger partial charge >= 0.3 is 0 Å². The fourth-order valence-electron chi connectivity index (χ4n) is 2.54. The van der Waals surface area contributed by atoms with Crippen LogP contribution in [0.1, 0.15) is 10.4 Å². The SMILES string of the molecule is Cc1sc2c(c1C)c(=N)n(-c1ccc(Cl)cc1)c1nnnn21. The molecule has 3 aromatic heterocycles. The van der Waals surface area contributed by atoms with Crippen LogP contribution in [0.4, 0.5) is 0 Å². The predicted octanol–water partition coefficient (Wildman–Crippen LogP) is 2.88. The summed E-state index contributed by atoms with van der Waals surface area (Å²) in [4.78, 5) is 2.05. The lowest BCUT2D eigenvalue weighted by atomic mass is 10.2. The summed E-state index contributed by atoms with van der Waals surface area (Å²) in [6.07, 6.45) is 0. The zero-order valence-corrected chi connectivity index (χ0v) is 13.4. The molecule has 22 heavy (non-hydrogen) atoms. The number of nitrogens with zero attached hydrogens (tertiary/aromatic N) is 5. The summed E-state index contributed by atoms with van der Waals surface area (Å²) in [5, 5.41) is 22.1. The van der Waals surface area contributed by atoms with Crippen molar-refractivity contribution in [3.63, 3.8) is 0 Å². The van der Waals surface area contributed by atoms with Gasteiger partial charge in [0.2, 0.25) is 0 Å². The molecule has 110 valence electrons. The molecule has 0 aliphatic heterocycles. The van der Waals surface area contributed by atoms with Crippen molar-refractivity contribution in [3.8, 4) is 5.69 Å². The number of benzene rings is 1. The van der Waals surface area contributed by atoms with E-state index in [-0.39, 0.29) is 0 Å². The predicted molar refractivity (Wildman–Crippen MR) is 85.8 cm³/mol. The summed E-state index contributed by atoms with van der Waals surface area (Å²) < 4.78 is 3.42. The summed E-state index contributed by atoms with van der Waals surface area (Å²) in [5.74, 6) is 0.515. The second kappa shape index (κ2) is 4.62. The van der Waals surface area contributed by atoms with Gasteiger partial charge in [-0.3, -0.25) is 9.98 Å². The Hall–Kier alpha value is -2.25. The Kier molecular flexibility index (Phi) is 2.82. The first-order chi connectivity index (χ1) is 10.6. The molecule has 0 bridgehead atoms. The number of tetrazole rings is 1. The zero-order chi connectivity index (χ0) is 15.4. The quantitative estimate of drug-likeness (QED) is 0.583. The molecule has 0 saturated carbocycles. The average molecular weight is 331 g/mol. The summed E-state index contributed by atoms with van der Waals surface area (Å²) in [6.45, 7) is 4.07. The largest absolute Gasteiger partial charge is 0.283 e. The van der Waals surface area contributed by atoms with E-state index in [2.05, 4.69) is 15.5 Å². The highest BCUT2D eigenvalue weighted by molar-refractivity contribution is 7.18. The van der Waals surface area contributed by atoms with Gasteiger partial charge in [-0.25, -0.2) is 0 Å². The molecule has 0 aliphatic rings. The van der Waals surface area contributed by atoms with Gasteiger partial charge < -0.3 is 0 Å². The van der Waals surface area contributed by atoms with Crippen molar-refractivity contribution in [1.29, 1.82) is 5.41 Å². The van der Waals surface area contributed by atoms with E-state index in [9.17, 15) is 0 Å². The van der Waals surface area contributed by atoms with Crippen LogP contribution >= 0.6 is 22.9 Å². The van der Waals surface area contributed by atoms with Gasteiger partial charge in [0.15, 0.2) is 0 Å².